The van der Waals surface area contributed by atoms with Crippen molar-refractivity contribution in [2.24, 2.45) is 0 Å². The van der Waals surface area contributed by atoms with E-state index in [0.717, 1.165) is 12.2 Å². The number of benzene rings is 1. The summed E-state index contributed by atoms with van der Waals surface area (Å²) in [7, 11) is 1.73. The molecule has 0 saturated heterocycles. The van der Waals surface area contributed by atoms with E-state index in [0.29, 0.717) is 4.83 Å². The molecule has 15 heavy (non-hydrogen) atoms. The van der Waals surface area contributed by atoms with Crippen LogP contribution in [0.5, 0.6) is 5.75 Å². The molecule has 1 saturated carbocycles. The zero-order chi connectivity index (χ0) is 10.8. The number of hydrogen-bond acceptors (Lipinski definition) is 2. The lowest BCUT2D eigenvalue weighted by Crippen LogP contribution is -2.51. The van der Waals surface area contributed by atoms with E-state index < -0.39 is 0 Å². The van der Waals surface area contributed by atoms with E-state index in [1.807, 2.05) is 18.2 Å². The van der Waals surface area contributed by atoms with Crippen LogP contribution >= 0.6 is 38.5 Å². The Hall–Kier alpha value is 0.190. The van der Waals surface area contributed by atoms with Gasteiger partial charge in [0.2, 0.25) is 0 Å². The molecule has 82 valence electrons. The van der Waals surface area contributed by atoms with Crippen molar-refractivity contribution in [1.82, 2.24) is 0 Å². The molecule has 0 bridgehead atoms. The predicted molar refractivity (Wildman–Crippen MR) is 71.7 cm³/mol. The molecule has 1 aliphatic carbocycles. The Kier molecular flexibility index (Phi) is 3.90. The molecule has 1 aromatic carbocycles. The normalized spacial score (nSPS) is 29.7. The van der Waals surface area contributed by atoms with Crippen LogP contribution < -0.4 is 4.74 Å². The average Bonchev–Trinajstić information content (AvgIpc) is 2.17. The minimum Gasteiger partial charge on any atom is -0.488 e. The summed E-state index contributed by atoms with van der Waals surface area (Å²) in [5.41, 5.74) is 0. The Morgan fingerprint density at radius 2 is 2.27 bits per heavy atom. The van der Waals surface area contributed by atoms with Crippen molar-refractivity contribution in [2.45, 2.75) is 23.5 Å². The molecule has 0 aromatic heterocycles. The van der Waals surface area contributed by atoms with E-state index in [9.17, 15) is 0 Å². The van der Waals surface area contributed by atoms with Gasteiger partial charge in [0, 0.05) is 21.9 Å². The molecule has 2 nitrogen and oxygen atoms in total. The molecule has 3 unspecified atom stereocenters. The Balaban J connectivity index is 1.98. The van der Waals surface area contributed by atoms with Gasteiger partial charge >= 0.3 is 0 Å². The largest absolute Gasteiger partial charge is 0.488 e. The van der Waals surface area contributed by atoms with Crippen LogP contribution in [-0.2, 0) is 4.74 Å². The summed E-state index contributed by atoms with van der Waals surface area (Å²) in [4.78, 5) is 0.426. The topological polar surface area (TPSA) is 18.5 Å². The lowest BCUT2D eigenvalue weighted by molar-refractivity contribution is -0.0545. The van der Waals surface area contributed by atoms with Gasteiger partial charge < -0.3 is 9.47 Å². The van der Waals surface area contributed by atoms with Crippen LogP contribution in [0.25, 0.3) is 0 Å². The number of methoxy groups -OCH3 is 1. The first-order valence-electron chi connectivity index (χ1n) is 4.80. The molecule has 1 aromatic rings. The summed E-state index contributed by atoms with van der Waals surface area (Å²) in [5, 5.41) is 0. The lowest BCUT2D eigenvalue weighted by Gasteiger charge is -2.40. The summed E-state index contributed by atoms with van der Waals surface area (Å²) < 4.78 is 12.4. The van der Waals surface area contributed by atoms with Crippen molar-refractivity contribution < 1.29 is 9.47 Å². The van der Waals surface area contributed by atoms with Gasteiger partial charge in [0.1, 0.15) is 18.0 Å². The van der Waals surface area contributed by atoms with Crippen molar-refractivity contribution in [1.29, 1.82) is 0 Å². The van der Waals surface area contributed by atoms with Gasteiger partial charge in [-0.2, -0.15) is 0 Å². The second kappa shape index (κ2) is 5.01. The zero-order valence-electron chi connectivity index (χ0n) is 8.32. The van der Waals surface area contributed by atoms with Gasteiger partial charge in [-0.05, 0) is 40.8 Å². The Morgan fingerprint density at radius 1 is 1.47 bits per heavy atom. The first-order valence-corrected chi connectivity index (χ1v) is 6.79. The molecule has 1 fully saturated rings. The van der Waals surface area contributed by atoms with Gasteiger partial charge in [-0.25, -0.2) is 0 Å². The maximum Gasteiger partial charge on any atom is 0.127 e. The van der Waals surface area contributed by atoms with Crippen molar-refractivity contribution >= 4 is 38.5 Å². The maximum absolute atomic E-state index is 5.85. The highest BCUT2D eigenvalue weighted by Gasteiger charge is 2.41. The van der Waals surface area contributed by atoms with Gasteiger partial charge in [0.25, 0.3) is 0 Å². The molecule has 4 heteroatoms. The van der Waals surface area contributed by atoms with E-state index in [-0.39, 0.29) is 12.2 Å². The van der Waals surface area contributed by atoms with Gasteiger partial charge in [-0.1, -0.05) is 22.0 Å². The third-order valence-corrected chi connectivity index (χ3v) is 4.10. The summed E-state index contributed by atoms with van der Waals surface area (Å²) in [6.07, 6.45) is 1.35. The SMILES string of the molecule is COC1C(Br)CC1Oc1cccc(I)c1. The fraction of sp³-hybridized carbons (Fsp3) is 0.455. The first kappa shape index (κ1) is 11.7. The Labute approximate surface area is 112 Å². The number of hydrogen-bond donors (Lipinski definition) is 0. The summed E-state index contributed by atoms with van der Waals surface area (Å²) in [6.45, 7) is 0. The molecule has 0 spiro atoms. The number of alkyl halides is 1. The van der Waals surface area contributed by atoms with Crippen LogP contribution in [-0.4, -0.2) is 24.1 Å². The van der Waals surface area contributed by atoms with E-state index in [4.69, 9.17) is 9.47 Å². The molecule has 0 N–H and O–H groups in total. The molecule has 0 heterocycles. The number of ether oxygens (including phenoxy) is 2. The minimum atomic E-state index is 0.169. The fourth-order valence-electron chi connectivity index (χ4n) is 1.66. The summed E-state index contributed by atoms with van der Waals surface area (Å²) in [6, 6.07) is 8.07. The molecule has 0 amide bonds. The molecular formula is C11H12BrIO2. The first-order chi connectivity index (χ1) is 7.20. The zero-order valence-corrected chi connectivity index (χ0v) is 12.1. The Bertz CT molecular complexity index is 345. The van der Waals surface area contributed by atoms with Crippen LogP contribution in [0.3, 0.4) is 0 Å². The number of rotatable bonds is 3. The second-order valence-corrected chi connectivity index (χ2v) is 5.99. The Morgan fingerprint density at radius 3 is 2.87 bits per heavy atom. The summed E-state index contributed by atoms with van der Waals surface area (Å²) >= 11 is 5.83. The quantitative estimate of drug-likeness (QED) is 0.590. The van der Waals surface area contributed by atoms with Gasteiger partial charge in [-0.3, -0.25) is 0 Å². The monoisotopic (exact) mass is 382 g/mol. The van der Waals surface area contributed by atoms with Gasteiger partial charge in [-0.15, -0.1) is 0 Å². The molecule has 0 radical (unpaired) electrons. The van der Waals surface area contributed by atoms with E-state index in [2.05, 4.69) is 44.6 Å². The van der Waals surface area contributed by atoms with Crippen LogP contribution in [0.2, 0.25) is 0 Å². The fourth-order valence-corrected chi connectivity index (χ4v) is 3.10. The highest BCUT2D eigenvalue weighted by atomic mass is 127. The van der Waals surface area contributed by atoms with Crippen LogP contribution in [0, 0.1) is 3.57 Å². The number of halogens is 2. The van der Waals surface area contributed by atoms with Crippen molar-refractivity contribution in [3.05, 3.63) is 27.8 Å². The average molecular weight is 383 g/mol. The smallest absolute Gasteiger partial charge is 0.127 e. The van der Waals surface area contributed by atoms with Gasteiger partial charge in [0.05, 0.1) is 0 Å². The van der Waals surface area contributed by atoms with Crippen LogP contribution in [0.1, 0.15) is 6.42 Å². The predicted octanol–water partition coefficient (Wildman–Crippen LogP) is 3.22. The highest BCUT2D eigenvalue weighted by molar-refractivity contribution is 14.1. The second-order valence-electron chi connectivity index (χ2n) is 3.57. The third-order valence-electron chi connectivity index (χ3n) is 2.54. The minimum absolute atomic E-state index is 0.169. The van der Waals surface area contributed by atoms with E-state index >= 15 is 0 Å². The van der Waals surface area contributed by atoms with Gasteiger partial charge in [0.15, 0.2) is 0 Å². The van der Waals surface area contributed by atoms with Crippen LogP contribution in [0.4, 0.5) is 0 Å². The standard InChI is InChI=1S/C11H12BrIO2/c1-14-11-9(12)6-10(11)15-8-4-2-3-7(13)5-8/h2-5,9-11H,6H2,1H3. The van der Waals surface area contributed by atoms with E-state index in [1.165, 1.54) is 3.57 Å². The van der Waals surface area contributed by atoms with Crippen molar-refractivity contribution in [3.8, 4) is 5.75 Å². The highest BCUT2D eigenvalue weighted by Crippen LogP contribution is 2.33. The van der Waals surface area contributed by atoms with E-state index in [1.54, 1.807) is 7.11 Å². The molecule has 0 aliphatic heterocycles. The molecular weight excluding hydrogens is 371 g/mol. The van der Waals surface area contributed by atoms with Crippen molar-refractivity contribution in [3.63, 3.8) is 0 Å². The third kappa shape index (κ3) is 2.65. The molecule has 1 aliphatic rings. The maximum atomic E-state index is 5.85. The lowest BCUT2D eigenvalue weighted by atomic mass is 9.91. The molecule has 2 rings (SSSR count). The van der Waals surface area contributed by atoms with Crippen molar-refractivity contribution in [2.75, 3.05) is 7.11 Å². The van der Waals surface area contributed by atoms with Crippen LogP contribution in [0.15, 0.2) is 24.3 Å². The summed E-state index contributed by atoms with van der Waals surface area (Å²) in [5.74, 6) is 0.924. The molecule has 3 atom stereocenters.